The number of methoxy groups -OCH3 is 1. The normalized spacial score (nSPS) is 29.3. The average Bonchev–Trinajstić information content (AvgIpc) is 2.86. The first-order chi connectivity index (χ1) is 18.4. The van der Waals surface area contributed by atoms with Gasteiger partial charge < -0.3 is 30.9 Å². The van der Waals surface area contributed by atoms with Gasteiger partial charge in [0.1, 0.15) is 28.6 Å². The number of allylic oxidation sites excluding steroid dienone is 1. The summed E-state index contributed by atoms with van der Waals surface area (Å²) in [7, 11) is 4.71. The number of Topliss-reactive ketones (excluding diaryl/α,β-unsaturated/α-hetero) is 2. The number of fused-ring (bicyclic) bond motifs is 3. The molecule has 1 aliphatic heterocycles. The first-order valence-corrected chi connectivity index (χ1v) is 13.2. The third-order valence-corrected chi connectivity index (χ3v) is 8.80. The number of carbonyl (C=O) groups is 3. The summed E-state index contributed by atoms with van der Waals surface area (Å²) in [6.07, 6.45) is 3.57. The van der Waals surface area contributed by atoms with Crippen molar-refractivity contribution in [1.82, 2.24) is 9.80 Å². The zero-order valence-electron chi connectivity index (χ0n) is 22.4. The maximum atomic E-state index is 13.8. The number of piperidine rings is 1. The van der Waals surface area contributed by atoms with Crippen LogP contribution in [0.3, 0.4) is 0 Å². The van der Waals surface area contributed by atoms with Crippen LogP contribution in [0.25, 0.3) is 0 Å². The van der Waals surface area contributed by atoms with Crippen molar-refractivity contribution in [3.63, 3.8) is 0 Å². The molecule has 0 aromatic heterocycles. The number of rotatable bonds is 5. The fourth-order valence-corrected chi connectivity index (χ4v) is 7.09. The first-order valence-electron chi connectivity index (χ1n) is 13.2. The second-order valence-electron chi connectivity index (χ2n) is 11.2. The minimum absolute atomic E-state index is 0.0338. The van der Waals surface area contributed by atoms with E-state index >= 15 is 0 Å². The fraction of sp³-hybridized carbons (Fsp3) is 0.536. The first kappa shape index (κ1) is 27.2. The number of carbonyl (C=O) groups excluding carboxylic acids is 3. The molecule has 0 radical (unpaired) electrons. The van der Waals surface area contributed by atoms with Crippen LogP contribution < -0.4 is 10.5 Å². The Kier molecular flexibility index (Phi) is 6.72. The van der Waals surface area contributed by atoms with Crippen LogP contribution in [0.4, 0.5) is 0 Å². The number of nitrogens with zero attached hydrogens (tertiary/aromatic N) is 2. The molecule has 0 spiro atoms. The lowest BCUT2D eigenvalue weighted by Gasteiger charge is -2.50. The van der Waals surface area contributed by atoms with Gasteiger partial charge in [-0.15, -0.1) is 0 Å². The molecule has 39 heavy (non-hydrogen) atoms. The number of hydrogen-bond acceptors (Lipinski definition) is 10. The van der Waals surface area contributed by atoms with Gasteiger partial charge >= 0.3 is 0 Å². The standard InChI is InChI=1S/C28H35N3O8/c1-30(2)21-16-10-13-9-15-19(17(32)11-14(24(15)39-3)12-31-7-5-4-6-8-31)22(33)18(13)25(35)28(16,38)26(36)20(23(21)34)27(29)37/h11,13,16,21,32,34-35,38H,4-10,12H2,1-3H3,(H2,29,37)/t13-,16-,21-,28-/m0/s1. The number of likely N-dealkylation sites (tertiary alicyclic amines) is 1. The van der Waals surface area contributed by atoms with Gasteiger partial charge in [-0.2, -0.15) is 0 Å². The molecule has 0 saturated carbocycles. The molecule has 0 unspecified atom stereocenters. The van der Waals surface area contributed by atoms with Gasteiger partial charge in [-0.1, -0.05) is 6.42 Å². The van der Waals surface area contributed by atoms with Crippen LogP contribution in [0.15, 0.2) is 28.7 Å². The highest BCUT2D eigenvalue weighted by Crippen LogP contribution is 2.53. The second-order valence-corrected chi connectivity index (χ2v) is 11.2. The number of aromatic hydroxyl groups is 1. The Labute approximate surface area is 226 Å². The van der Waals surface area contributed by atoms with E-state index in [2.05, 4.69) is 4.90 Å². The Hall–Kier alpha value is -3.41. The van der Waals surface area contributed by atoms with Crippen LogP contribution >= 0.6 is 0 Å². The van der Waals surface area contributed by atoms with Crippen LogP contribution in [-0.2, 0) is 22.6 Å². The Morgan fingerprint density at radius 3 is 2.44 bits per heavy atom. The molecule has 6 N–H and O–H groups in total. The van der Waals surface area contributed by atoms with E-state index in [4.69, 9.17) is 10.5 Å². The Balaban J connectivity index is 1.64. The van der Waals surface area contributed by atoms with E-state index in [1.165, 1.54) is 24.5 Å². The predicted octanol–water partition coefficient (Wildman–Crippen LogP) is 1.12. The second kappa shape index (κ2) is 9.65. The molecule has 1 aromatic carbocycles. The number of primary amides is 1. The molecular weight excluding hydrogens is 506 g/mol. The van der Waals surface area contributed by atoms with Crippen molar-refractivity contribution in [3.8, 4) is 11.5 Å². The number of aliphatic hydroxyl groups excluding tert-OH is 2. The highest BCUT2D eigenvalue weighted by Gasteiger charge is 2.63. The molecule has 3 aliphatic carbocycles. The van der Waals surface area contributed by atoms with Crippen LogP contribution in [0.5, 0.6) is 11.5 Å². The van der Waals surface area contributed by atoms with Gasteiger partial charge in [0.15, 0.2) is 11.4 Å². The highest BCUT2D eigenvalue weighted by atomic mass is 16.5. The number of ether oxygens (including phenoxy) is 1. The van der Waals surface area contributed by atoms with Gasteiger partial charge in [-0.3, -0.25) is 24.2 Å². The molecule has 11 nitrogen and oxygen atoms in total. The smallest absolute Gasteiger partial charge is 0.255 e. The lowest BCUT2D eigenvalue weighted by molar-refractivity contribution is -0.148. The maximum absolute atomic E-state index is 13.8. The third-order valence-electron chi connectivity index (χ3n) is 8.80. The van der Waals surface area contributed by atoms with Crippen molar-refractivity contribution in [2.75, 3.05) is 34.3 Å². The lowest BCUT2D eigenvalue weighted by atomic mass is 9.58. The van der Waals surface area contributed by atoms with Crippen LogP contribution in [0, 0.1) is 11.8 Å². The van der Waals surface area contributed by atoms with E-state index in [1.807, 2.05) is 0 Å². The van der Waals surface area contributed by atoms with Crippen LogP contribution in [0.2, 0.25) is 0 Å². The van der Waals surface area contributed by atoms with Crippen LogP contribution in [0.1, 0.15) is 47.2 Å². The van der Waals surface area contributed by atoms with Gasteiger partial charge in [0.2, 0.25) is 5.78 Å². The Morgan fingerprint density at radius 2 is 1.85 bits per heavy atom. The van der Waals surface area contributed by atoms with Crippen molar-refractivity contribution in [2.24, 2.45) is 17.6 Å². The molecule has 210 valence electrons. The number of phenolic OH excluding ortho intramolecular Hbond substituents is 1. The van der Waals surface area contributed by atoms with E-state index in [0.717, 1.165) is 31.5 Å². The number of phenols is 1. The van der Waals surface area contributed by atoms with Crippen molar-refractivity contribution in [2.45, 2.75) is 50.3 Å². The highest BCUT2D eigenvalue weighted by molar-refractivity contribution is 6.24. The quantitative estimate of drug-likeness (QED) is 0.340. The fourth-order valence-electron chi connectivity index (χ4n) is 7.09. The molecule has 1 heterocycles. The summed E-state index contributed by atoms with van der Waals surface area (Å²) < 4.78 is 5.78. The van der Waals surface area contributed by atoms with E-state index in [-0.39, 0.29) is 29.7 Å². The number of hydrogen-bond donors (Lipinski definition) is 5. The van der Waals surface area contributed by atoms with Crippen molar-refractivity contribution < 1.29 is 39.5 Å². The number of amides is 1. The predicted molar refractivity (Wildman–Crippen MR) is 139 cm³/mol. The van der Waals surface area contributed by atoms with Crippen molar-refractivity contribution in [1.29, 1.82) is 0 Å². The summed E-state index contributed by atoms with van der Waals surface area (Å²) in [6.45, 7) is 2.40. The van der Waals surface area contributed by atoms with E-state index in [0.29, 0.717) is 17.9 Å². The number of ketones is 2. The van der Waals surface area contributed by atoms with Gasteiger partial charge in [0.25, 0.3) is 5.91 Å². The zero-order valence-corrected chi connectivity index (χ0v) is 22.4. The molecular formula is C28H35N3O8. The van der Waals surface area contributed by atoms with Gasteiger partial charge in [0, 0.05) is 29.2 Å². The molecule has 4 atom stereocenters. The van der Waals surface area contributed by atoms with E-state index in [9.17, 15) is 34.8 Å². The Morgan fingerprint density at radius 1 is 1.18 bits per heavy atom. The number of aliphatic hydroxyl groups is 3. The summed E-state index contributed by atoms with van der Waals surface area (Å²) in [5, 5.41) is 45.0. The third kappa shape index (κ3) is 3.94. The van der Waals surface area contributed by atoms with Gasteiger partial charge in [-0.05, 0) is 64.9 Å². The molecule has 0 bridgehead atoms. The molecule has 1 saturated heterocycles. The zero-order chi connectivity index (χ0) is 28.4. The SMILES string of the molecule is COc1c(CN2CCCCC2)cc(O)c2c1C[C@H]1C[C@H]3[C@H](N(C)C)C(O)=C(C(N)=O)C(=O)[C@@]3(O)C(O)=C1C2=O. The summed E-state index contributed by atoms with van der Waals surface area (Å²) >= 11 is 0. The minimum atomic E-state index is -2.65. The summed E-state index contributed by atoms with van der Waals surface area (Å²) in [5.41, 5.74) is 2.91. The van der Waals surface area contributed by atoms with Gasteiger partial charge in [-0.25, -0.2) is 0 Å². The number of nitrogens with two attached hydrogens (primary N) is 1. The number of likely N-dealkylation sites (N-methyl/N-ethyl adjacent to an activating group) is 1. The largest absolute Gasteiger partial charge is 0.510 e. The molecule has 5 rings (SSSR count). The minimum Gasteiger partial charge on any atom is -0.510 e. The van der Waals surface area contributed by atoms with Crippen LogP contribution in [-0.4, -0.2) is 93.6 Å². The molecule has 1 amide bonds. The average molecular weight is 542 g/mol. The Bertz CT molecular complexity index is 1330. The van der Waals surface area contributed by atoms with E-state index < -0.39 is 58.0 Å². The summed E-state index contributed by atoms with van der Waals surface area (Å²) in [6, 6.07) is 0.471. The molecule has 11 heteroatoms. The lowest BCUT2D eigenvalue weighted by Crippen LogP contribution is -2.63. The summed E-state index contributed by atoms with van der Waals surface area (Å²) in [5.74, 6) is -6.19. The summed E-state index contributed by atoms with van der Waals surface area (Å²) in [4.78, 5) is 43.1. The molecule has 4 aliphatic rings. The van der Waals surface area contributed by atoms with Crippen molar-refractivity contribution in [3.05, 3.63) is 45.4 Å². The molecule has 1 fully saturated rings. The maximum Gasteiger partial charge on any atom is 0.255 e. The monoisotopic (exact) mass is 541 g/mol. The molecule has 1 aromatic rings. The van der Waals surface area contributed by atoms with E-state index in [1.54, 1.807) is 14.1 Å². The topological polar surface area (TPSA) is 174 Å². The number of benzene rings is 1. The van der Waals surface area contributed by atoms with Gasteiger partial charge in [0.05, 0.1) is 18.7 Å². The van der Waals surface area contributed by atoms with Crippen molar-refractivity contribution >= 4 is 17.5 Å².